The molecule has 0 aromatic carbocycles. The summed E-state index contributed by atoms with van der Waals surface area (Å²) in [6, 6.07) is 0. The van der Waals surface area contributed by atoms with Gasteiger partial charge in [-0.05, 0) is 19.3 Å². The Morgan fingerprint density at radius 3 is 0.940 bits per heavy atom. The topological polar surface area (TPSA) is 20.2 Å². The van der Waals surface area contributed by atoms with E-state index in [2.05, 4.69) is 6.58 Å². The van der Waals surface area contributed by atoms with Crippen molar-refractivity contribution in [3.8, 4) is 0 Å². The molecule has 0 amide bonds. The van der Waals surface area contributed by atoms with Gasteiger partial charge in [-0.25, -0.2) is 0 Å². The van der Waals surface area contributed by atoms with Gasteiger partial charge in [-0.3, -0.25) is 0 Å². The zero-order valence-corrected chi connectivity index (χ0v) is 24.1. The molecule has 0 heterocycles. The fourth-order valence-corrected chi connectivity index (χ4v) is 3.89. The third-order valence-electron chi connectivity index (χ3n) is 7.05. The van der Waals surface area contributed by atoms with E-state index >= 15 is 0 Å². The van der Waals surface area contributed by atoms with Gasteiger partial charge in [0.05, 0.1) is 6.10 Å². The molecule has 1 unspecified atom stereocenters. The number of aliphatic hydroxyl groups excluding tert-OH is 1. The third-order valence-corrected chi connectivity index (χ3v) is 7.05. The monoisotopic (exact) mass is 802 g/mol. The lowest BCUT2D eigenvalue weighted by Gasteiger charge is -2.45. The van der Waals surface area contributed by atoms with Gasteiger partial charge in [0.1, 0.15) is 0 Å². The van der Waals surface area contributed by atoms with Crippen molar-refractivity contribution < 1.29 is 115 Å². The van der Waals surface area contributed by atoms with Crippen molar-refractivity contribution in [3.63, 3.8) is 0 Å². The van der Waals surface area contributed by atoms with Crippen molar-refractivity contribution >= 4 is 0 Å². The first-order valence-corrected chi connectivity index (χ1v) is 13.2. The molecule has 0 aromatic heterocycles. The second-order valence-corrected chi connectivity index (χ2v) is 10.8. The van der Waals surface area contributed by atoms with Crippen LogP contribution in [0, 0.1) is 0 Å². The number of unbranched alkanes of at least 4 members (excludes halogenated alkanes) is 6. The molecular formula is C24H23F25O. The van der Waals surface area contributed by atoms with E-state index in [9.17, 15) is 115 Å². The summed E-state index contributed by atoms with van der Waals surface area (Å²) in [5.41, 5.74) is 0. The van der Waals surface area contributed by atoms with Gasteiger partial charge in [0, 0.05) is 6.42 Å². The molecule has 300 valence electrons. The van der Waals surface area contributed by atoms with Crippen molar-refractivity contribution in [1.29, 1.82) is 0 Å². The fraction of sp³-hybridized carbons (Fsp3) is 0.917. The van der Waals surface area contributed by atoms with Gasteiger partial charge in [0.2, 0.25) is 0 Å². The predicted octanol–water partition coefficient (Wildman–Crippen LogP) is 11.6. The highest BCUT2D eigenvalue weighted by Gasteiger charge is 2.99. The van der Waals surface area contributed by atoms with E-state index in [1.807, 2.05) is 0 Å². The highest BCUT2D eigenvalue weighted by Crippen LogP contribution is 2.68. The van der Waals surface area contributed by atoms with Crippen LogP contribution >= 0.6 is 0 Å². The highest BCUT2D eigenvalue weighted by molar-refractivity contribution is 5.19. The number of halogens is 25. The summed E-state index contributed by atoms with van der Waals surface area (Å²) in [7, 11) is 0. The average molecular weight is 802 g/mol. The van der Waals surface area contributed by atoms with Crippen molar-refractivity contribution in [3.05, 3.63) is 12.7 Å². The van der Waals surface area contributed by atoms with Crippen molar-refractivity contribution in [2.75, 3.05) is 0 Å². The number of allylic oxidation sites excluding steroid dienone is 1. The standard InChI is InChI=1S/C24H23F25O/c1-2-3-4-5-6-7-8-9-10-12(50)11-13(25,26)14(27,28)15(29,30)16(31,32)17(33,34)18(35,36)19(37,38)20(39,40)21(41,42)22(43,44)23(45,46)24(47,48)49/h2,12,50H,1,3-11H2. The minimum atomic E-state index is -9.61. The van der Waals surface area contributed by atoms with Gasteiger partial charge >= 0.3 is 71.3 Å². The molecule has 1 nitrogen and oxygen atoms in total. The Morgan fingerprint density at radius 1 is 0.380 bits per heavy atom. The third kappa shape index (κ3) is 7.41. The van der Waals surface area contributed by atoms with Crippen LogP contribution in [-0.4, -0.2) is 82.5 Å². The molecule has 0 fully saturated rings. The van der Waals surface area contributed by atoms with E-state index in [0.717, 1.165) is 0 Å². The fourth-order valence-electron chi connectivity index (χ4n) is 3.89. The molecule has 50 heavy (non-hydrogen) atoms. The molecule has 0 aliphatic rings. The lowest BCUT2D eigenvalue weighted by atomic mass is 9.84. The van der Waals surface area contributed by atoms with Crippen molar-refractivity contribution in [1.82, 2.24) is 0 Å². The van der Waals surface area contributed by atoms with Gasteiger partial charge < -0.3 is 5.11 Å². The summed E-state index contributed by atoms with van der Waals surface area (Å²) in [4.78, 5) is 0. The van der Waals surface area contributed by atoms with Gasteiger partial charge in [-0.2, -0.15) is 110 Å². The van der Waals surface area contributed by atoms with E-state index in [1.165, 1.54) is 0 Å². The van der Waals surface area contributed by atoms with Gasteiger partial charge in [-0.15, -0.1) is 6.58 Å². The molecule has 0 radical (unpaired) electrons. The van der Waals surface area contributed by atoms with Crippen LogP contribution in [0.3, 0.4) is 0 Å². The second kappa shape index (κ2) is 14.4. The van der Waals surface area contributed by atoms with Crippen LogP contribution < -0.4 is 0 Å². The molecule has 1 N–H and O–H groups in total. The first kappa shape index (κ1) is 47.9. The molecule has 0 aliphatic heterocycles. The first-order chi connectivity index (χ1) is 21.7. The molecule has 0 aromatic rings. The van der Waals surface area contributed by atoms with E-state index in [-0.39, 0.29) is 19.3 Å². The molecule has 0 bridgehead atoms. The Morgan fingerprint density at radius 2 is 0.640 bits per heavy atom. The number of hydrogen-bond donors (Lipinski definition) is 1. The molecule has 0 rings (SSSR count). The largest absolute Gasteiger partial charge is 0.460 e. The normalized spacial score (nSPS) is 16.5. The van der Waals surface area contributed by atoms with Crippen LogP contribution in [0.4, 0.5) is 110 Å². The first-order valence-electron chi connectivity index (χ1n) is 13.2. The smallest absolute Gasteiger partial charge is 0.393 e. The molecular weight excluding hydrogens is 779 g/mol. The Bertz CT molecular complexity index is 1120. The molecule has 0 spiro atoms. The molecule has 0 aliphatic carbocycles. The van der Waals surface area contributed by atoms with E-state index < -0.39 is 90.3 Å². The SMILES string of the molecule is C=CCCCCCCCCC(O)CC(F)(F)C(F)(F)C(F)(F)C(F)(F)C(F)(F)C(F)(F)C(F)(F)C(F)(F)C(F)(F)C(F)(F)C(F)(F)C(F)(F)F. The van der Waals surface area contributed by atoms with Crippen LogP contribution in [-0.2, 0) is 0 Å². The summed E-state index contributed by atoms with van der Waals surface area (Å²) in [5.74, 6) is -98.6. The van der Waals surface area contributed by atoms with E-state index in [1.54, 1.807) is 6.08 Å². The number of rotatable bonds is 21. The van der Waals surface area contributed by atoms with Gasteiger partial charge in [0.15, 0.2) is 0 Å². The van der Waals surface area contributed by atoms with Crippen LogP contribution in [0.2, 0.25) is 0 Å². The maximum atomic E-state index is 14.1. The van der Waals surface area contributed by atoms with Crippen molar-refractivity contribution in [2.24, 2.45) is 0 Å². The minimum absolute atomic E-state index is 0.0142. The van der Waals surface area contributed by atoms with Crippen molar-refractivity contribution in [2.45, 2.75) is 135 Å². The summed E-state index contributed by atoms with van der Waals surface area (Å²) in [5, 5.41) is 9.46. The summed E-state index contributed by atoms with van der Waals surface area (Å²) in [6.07, 6.45) is -11.5. The second-order valence-electron chi connectivity index (χ2n) is 10.8. The van der Waals surface area contributed by atoms with Gasteiger partial charge in [-0.1, -0.05) is 38.2 Å². The Balaban J connectivity index is 6.62. The van der Waals surface area contributed by atoms with E-state index in [4.69, 9.17) is 0 Å². The van der Waals surface area contributed by atoms with Crippen LogP contribution in [0.25, 0.3) is 0 Å². The summed E-state index contributed by atoms with van der Waals surface area (Å²) >= 11 is 0. The Kier molecular flexibility index (Phi) is 13.8. The summed E-state index contributed by atoms with van der Waals surface area (Å²) < 4.78 is 338. The minimum Gasteiger partial charge on any atom is -0.393 e. The molecule has 1 atom stereocenters. The number of aliphatic hydroxyl groups is 1. The van der Waals surface area contributed by atoms with Crippen LogP contribution in [0.1, 0.15) is 57.8 Å². The highest BCUT2D eigenvalue weighted by atomic mass is 19.4. The molecule has 0 saturated heterocycles. The zero-order valence-electron chi connectivity index (χ0n) is 24.1. The lowest BCUT2D eigenvalue weighted by molar-refractivity contribution is -0.482. The molecule has 26 heteroatoms. The van der Waals surface area contributed by atoms with Crippen LogP contribution in [0.5, 0.6) is 0 Å². The Labute approximate surface area is 263 Å². The maximum absolute atomic E-state index is 14.1. The zero-order chi connectivity index (χ0) is 40.6. The molecule has 0 saturated carbocycles. The quantitative estimate of drug-likeness (QED) is 0.0696. The van der Waals surface area contributed by atoms with E-state index in [0.29, 0.717) is 25.7 Å². The summed E-state index contributed by atoms with van der Waals surface area (Å²) in [6.45, 7) is 3.42. The van der Waals surface area contributed by atoms with Gasteiger partial charge in [0.25, 0.3) is 0 Å². The Hall–Kier alpha value is -2.05. The lowest BCUT2D eigenvalue weighted by Crippen LogP contribution is -2.78. The predicted molar refractivity (Wildman–Crippen MR) is 118 cm³/mol. The van der Waals surface area contributed by atoms with Crippen LogP contribution in [0.15, 0.2) is 12.7 Å². The average Bonchev–Trinajstić information content (AvgIpc) is 2.92. The number of hydrogen-bond acceptors (Lipinski definition) is 1. The maximum Gasteiger partial charge on any atom is 0.460 e. The number of alkyl halides is 25.